The summed E-state index contributed by atoms with van der Waals surface area (Å²) in [6.07, 6.45) is 0. The van der Waals surface area contributed by atoms with E-state index in [9.17, 15) is 0 Å². The molecule has 0 atom stereocenters. The van der Waals surface area contributed by atoms with Crippen molar-refractivity contribution in [2.75, 3.05) is 0 Å². The van der Waals surface area contributed by atoms with E-state index in [1.165, 1.54) is 0 Å². The van der Waals surface area contributed by atoms with E-state index >= 15 is 0 Å². The Labute approximate surface area is 154 Å². The molecule has 4 nitrogen and oxygen atoms in total. The third kappa shape index (κ3) is 2.35. The van der Waals surface area contributed by atoms with Crippen molar-refractivity contribution in [1.82, 2.24) is 19.6 Å². The number of benzene rings is 3. The topological polar surface area (TPSA) is 43.1 Å². The summed E-state index contributed by atoms with van der Waals surface area (Å²) in [6, 6.07) is 25.7. The van der Waals surface area contributed by atoms with E-state index in [1.807, 2.05) is 83.3 Å². The fraction of sp³-hybridized carbons (Fsp3) is 0. The maximum Gasteiger partial charge on any atom is 0.188 e. The summed E-state index contributed by atoms with van der Waals surface area (Å²) in [5, 5.41) is 9.57. The largest absolute Gasteiger partial charge is 0.271 e. The Balaban J connectivity index is 1.94. The minimum atomic E-state index is 0.653. The van der Waals surface area contributed by atoms with Gasteiger partial charge >= 0.3 is 0 Å². The monoisotopic (exact) mass is 356 g/mol. The lowest BCUT2D eigenvalue weighted by atomic mass is 10.1. The minimum Gasteiger partial charge on any atom is -0.271 e. The first-order valence-electron chi connectivity index (χ1n) is 8.26. The van der Waals surface area contributed by atoms with Crippen molar-refractivity contribution in [3.63, 3.8) is 0 Å². The summed E-state index contributed by atoms with van der Waals surface area (Å²) in [5.41, 5.74) is 5.24. The highest BCUT2D eigenvalue weighted by atomic mass is 35.5. The fourth-order valence-corrected chi connectivity index (χ4v) is 3.34. The number of halogens is 1. The van der Waals surface area contributed by atoms with Crippen molar-refractivity contribution in [3.05, 3.63) is 83.9 Å². The van der Waals surface area contributed by atoms with E-state index < -0.39 is 0 Å². The lowest BCUT2D eigenvalue weighted by molar-refractivity contribution is 1.12. The quantitative estimate of drug-likeness (QED) is 0.433. The summed E-state index contributed by atoms with van der Waals surface area (Å²) in [6.45, 7) is 0. The molecule has 124 valence electrons. The molecule has 0 saturated heterocycles. The average molecular weight is 357 g/mol. The van der Waals surface area contributed by atoms with Gasteiger partial charge in [0, 0.05) is 16.1 Å². The van der Waals surface area contributed by atoms with Gasteiger partial charge < -0.3 is 0 Å². The van der Waals surface area contributed by atoms with Crippen LogP contribution in [0, 0.1) is 0 Å². The van der Waals surface area contributed by atoms with Crippen LogP contribution in [0.2, 0.25) is 5.02 Å². The molecule has 0 unspecified atom stereocenters. The highest BCUT2D eigenvalue weighted by molar-refractivity contribution is 6.31. The summed E-state index contributed by atoms with van der Waals surface area (Å²) < 4.78 is 2.03. The SMILES string of the molecule is Clc1ccc2nc(-c3ccccc3)c3nnc(-c4ccccc4)n3c2c1. The van der Waals surface area contributed by atoms with Crippen LogP contribution in [-0.2, 0) is 0 Å². The molecule has 0 aliphatic carbocycles. The Hall–Kier alpha value is -3.24. The average Bonchev–Trinajstić information content (AvgIpc) is 3.14. The van der Waals surface area contributed by atoms with Crippen LogP contribution < -0.4 is 0 Å². The normalized spacial score (nSPS) is 11.3. The summed E-state index contributed by atoms with van der Waals surface area (Å²) in [4.78, 5) is 4.84. The van der Waals surface area contributed by atoms with Gasteiger partial charge in [-0.1, -0.05) is 72.3 Å². The lowest BCUT2D eigenvalue weighted by Crippen LogP contribution is -1.98. The van der Waals surface area contributed by atoms with E-state index in [2.05, 4.69) is 10.2 Å². The molecular formula is C21H13ClN4. The number of fused-ring (bicyclic) bond motifs is 3. The van der Waals surface area contributed by atoms with Gasteiger partial charge in [0.2, 0.25) is 0 Å². The molecule has 0 fully saturated rings. The van der Waals surface area contributed by atoms with E-state index in [0.29, 0.717) is 10.7 Å². The molecule has 26 heavy (non-hydrogen) atoms. The molecular weight excluding hydrogens is 344 g/mol. The molecule has 0 N–H and O–H groups in total. The van der Waals surface area contributed by atoms with E-state index in [4.69, 9.17) is 16.6 Å². The second-order valence-corrected chi connectivity index (χ2v) is 6.44. The second-order valence-electron chi connectivity index (χ2n) is 6.01. The van der Waals surface area contributed by atoms with Gasteiger partial charge in [-0.05, 0) is 18.2 Å². The van der Waals surface area contributed by atoms with Gasteiger partial charge in [0.05, 0.1) is 11.0 Å². The van der Waals surface area contributed by atoms with Crippen molar-refractivity contribution < 1.29 is 0 Å². The van der Waals surface area contributed by atoms with Gasteiger partial charge in [0.25, 0.3) is 0 Å². The molecule has 5 heteroatoms. The zero-order valence-corrected chi connectivity index (χ0v) is 14.4. The van der Waals surface area contributed by atoms with Crippen molar-refractivity contribution in [2.24, 2.45) is 0 Å². The van der Waals surface area contributed by atoms with Crippen molar-refractivity contribution in [2.45, 2.75) is 0 Å². The predicted molar refractivity (Wildman–Crippen MR) is 104 cm³/mol. The molecule has 0 aliphatic heterocycles. The van der Waals surface area contributed by atoms with Crippen molar-refractivity contribution in [1.29, 1.82) is 0 Å². The van der Waals surface area contributed by atoms with Crippen LogP contribution in [0.5, 0.6) is 0 Å². The summed E-state index contributed by atoms with van der Waals surface area (Å²) in [7, 11) is 0. The highest BCUT2D eigenvalue weighted by Gasteiger charge is 2.17. The molecule has 5 aromatic rings. The van der Waals surface area contributed by atoms with Gasteiger partial charge in [-0.2, -0.15) is 0 Å². The maximum atomic E-state index is 6.26. The van der Waals surface area contributed by atoms with Crippen molar-refractivity contribution in [3.8, 4) is 22.6 Å². The predicted octanol–water partition coefficient (Wildman–Crippen LogP) is 5.26. The van der Waals surface area contributed by atoms with Crippen LogP contribution in [-0.4, -0.2) is 19.6 Å². The van der Waals surface area contributed by atoms with Gasteiger partial charge in [-0.15, -0.1) is 10.2 Å². The Kier molecular flexibility index (Phi) is 3.43. The first-order chi connectivity index (χ1) is 12.8. The van der Waals surface area contributed by atoms with Crippen molar-refractivity contribution >= 4 is 28.3 Å². The summed E-state index contributed by atoms with van der Waals surface area (Å²) >= 11 is 6.26. The number of rotatable bonds is 2. The van der Waals surface area contributed by atoms with Crippen LogP contribution in [0.1, 0.15) is 0 Å². The number of hydrogen-bond acceptors (Lipinski definition) is 3. The lowest BCUT2D eigenvalue weighted by Gasteiger charge is -2.09. The minimum absolute atomic E-state index is 0.653. The number of nitrogens with zero attached hydrogens (tertiary/aromatic N) is 4. The van der Waals surface area contributed by atoms with E-state index in [0.717, 1.165) is 33.7 Å². The van der Waals surface area contributed by atoms with Crippen LogP contribution in [0.15, 0.2) is 78.9 Å². The zero-order chi connectivity index (χ0) is 17.5. The molecule has 2 heterocycles. The molecule has 0 saturated carbocycles. The first kappa shape index (κ1) is 15.0. The van der Waals surface area contributed by atoms with Gasteiger partial charge in [0.15, 0.2) is 11.5 Å². The molecule has 0 amide bonds. The molecule has 0 spiro atoms. The van der Waals surface area contributed by atoms with Gasteiger partial charge in [-0.25, -0.2) is 4.98 Å². The molecule has 0 radical (unpaired) electrons. The highest BCUT2D eigenvalue weighted by Crippen LogP contribution is 2.30. The number of aromatic nitrogens is 4. The van der Waals surface area contributed by atoms with E-state index in [1.54, 1.807) is 0 Å². The molecule has 2 aromatic heterocycles. The smallest absolute Gasteiger partial charge is 0.188 e. The molecule has 3 aromatic carbocycles. The third-order valence-corrected chi connectivity index (χ3v) is 4.60. The number of hydrogen-bond donors (Lipinski definition) is 0. The van der Waals surface area contributed by atoms with Crippen LogP contribution in [0.3, 0.4) is 0 Å². The van der Waals surface area contributed by atoms with Gasteiger partial charge in [0.1, 0.15) is 5.69 Å². The van der Waals surface area contributed by atoms with Crippen LogP contribution in [0.25, 0.3) is 39.3 Å². The first-order valence-corrected chi connectivity index (χ1v) is 8.64. The second kappa shape index (κ2) is 5.93. The Morgan fingerprint density at radius 3 is 2.15 bits per heavy atom. The van der Waals surface area contributed by atoms with Gasteiger partial charge in [-0.3, -0.25) is 4.40 Å². The zero-order valence-electron chi connectivity index (χ0n) is 13.7. The van der Waals surface area contributed by atoms with Crippen LogP contribution in [0.4, 0.5) is 0 Å². The third-order valence-electron chi connectivity index (χ3n) is 4.36. The Morgan fingerprint density at radius 1 is 0.731 bits per heavy atom. The van der Waals surface area contributed by atoms with E-state index in [-0.39, 0.29) is 0 Å². The maximum absolute atomic E-state index is 6.26. The Morgan fingerprint density at radius 2 is 1.42 bits per heavy atom. The molecule has 5 rings (SSSR count). The Bertz CT molecular complexity index is 1230. The molecule has 0 aliphatic rings. The van der Waals surface area contributed by atoms with Crippen LogP contribution >= 0.6 is 11.6 Å². The summed E-state index contributed by atoms with van der Waals surface area (Å²) in [5.74, 6) is 0.771. The molecule has 0 bridgehead atoms. The standard InChI is InChI=1S/C21H13ClN4/c22-16-11-12-17-18(13-16)26-20(15-9-5-2-6-10-15)24-25-21(26)19(23-17)14-7-3-1-4-8-14/h1-13H. The fourth-order valence-electron chi connectivity index (χ4n) is 3.17.